The fraction of sp³-hybridized carbons (Fsp3) is 0.333. The van der Waals surface area contributed by atoms with Gasteiger partial charge in [-0.15, -0.1) is 11.3 Å². The van der Waals surface area contributed by atoms with Crippen molar-refractivity contribution in [2.45, 2.75) is 32.2 Å². The number of nitrogens with zero attached hydrogens (tertiary/aromatic N) is 1. The van der Waals surface area contributed by atoms with Crippen LogP contribution in [0.15, 0.2) is 36.0 Å². The molecular formula is C15H18N2O3S. The maximum atomic E-state index is 12.4. The van der Waals surface area contributed by atoms with Gasteiger partial charge in [0.25, 0.3) is 5.91 Å². The van der Waals surface area contributed by atoms with Crippen molar-refractivity contribution in [3.63, 3.8) is 0 Å². The van der Waals surface area contributed by atoms with E-state index >= 15 is 0 Å². The highest BCUT2D eigenvalue weighted by atomic mass is 32.1. The first-order valence-corrected chi connectivity index (χ1v) is 7.73. The highest BCUT2D eigenvalue weighted by molar-refractivity contribution is 7.12. The van der Waals surface area contributed by atoms with Crippen molar-refractivity contribution in [2.75, 3.05) is 0 Å². The number of hydrogen-bond acceptors (Lipinski definition) is 3. The smallest absolute Gasteiger partial charge is 0.305 e. The van der Waals surface area contributed by atoms with Crippen LogP contribution in [0.3, 0.4) is 0 Å². The first kappa shape index (κ1) is 15.3. The van der Waals surface area contributed by atoms with Gasteiger partial charge in [0.1, 0.15) is 4.88 Å². The van der Waals surface area contributed by atoms with Crippen LogP contribution in [-0.2, 0) is 4.79 Å². The van der Waals surface area contributed by atoms with Crippen LogP contribution < -0.4 is 5.32 Å². The Morgan fingerprint density at radius 1 is 1.38 bits per heavy atom. The van der Waals surface area contributed by atoms with Crippen LogP contribution in [0, 0.1) is 0 Å². The topological polar surface area (TPSA) is 71.3 Å². The Bertz CT molecular complexity index is 604. The van der Waals surface area contributed by atoms with E-state index in [-0.39, 0.29) is 18.4 Å². The molecule has 0 saturated carbocycles. The molecule has 0 aromatic carbocycles. The molecule has 2 rings (SSSR count). The van der Waals surface area contributed by atoms with Crippen LogP contribution in [0.4, 0.5) is 0 Å². The molecule has 1 unspecified atom stereocenters. The molecule has 0 spiro atoms. The largest absolute Gasteiger partial charge is 0.481 e. The zero-order valence-corrected chi connectivity index (χ0v) is 12.6. The molecule has 2 aromatic heterocycles. The summed E-state index contributed by atoms with van der Waals surface area (Å²) in [6.45, 7) is 1.97. The van der Waals surface area contributed by atoms with Gasteiger partial charge < -0.3 is 15.0 Å². The summed E-state index contributed by atoms with van der Waals surface area (Å²) in [5, 5.41) is 13.6. The molecule has 0 radical (unpaired) electrons. The molecule has 21 heavy (non-hydrogen) atoms. The quantitative estimate of drug-likeness (QED) is 0.826. The van der Waals surface area contributed by atoms with Gasteiger partial charge in [-0.1, -0.05) is 13.3 Å². The van der Waals surface area contributed by atoms with E-state index in [1.807, 2.05) is 47.5 Å². The summed E-state index contributed by atoms with van der Waals surface area (Å²) in [6, 6.07) is 5.33. The summed E-state index contributed by atoms with van der Waals surface area (Å²) in [6.07, 6.45) is 5.18. The van der Waals surface area contributed by atoms with Crippen LogP contribution in [0.25, 0.3) is 5.69 Å². The molecular weight excluding hydrogens is 288 g/mol. The number of aromatic nitrogens is 1. The maximum absolute atomic E-state index is 12.4. The van der Waals surface area contributed by atoms with Gasteiger partial charge in [-0.2, -0.15) is 0 Å². The third-order valence-corrected chi connectivity index (χ3v) is 4.03. The number of thiophene rings is 1. The number of carboxylic acid groups (broad SMARTS) is 1. The second-order valence-corrected chi connectivity index (χ2v) is 5.70. The third kappa shape index (κ3) is 3.95. The molecule has 2 N–H and O–H groups in total. The third-order valence-electron chi connectivity index (χ3n) is 3.13. The predicted molar refractivity (Wildman–Crippen MR) is 82.1 cm³/mol. The van der Waals surface area contributed by atoms with Gasteiger partial charge in [0, 0.05) is 18.4 Å². The van der Waals surface area contributed by atoms with Crippen molar-refractivity contribution in [1.82, 2.24) is 9.88 Å². The van der Waals surface area contributed by atoms with Gasteiger partial charge in [-0.3, -0.25) is 9.59 Å². The summed E-state index contributed by atoms with van der Waals surface area (Å²) in [5.41, 5.74) is 0.813. The van der Waals surface area contributed by atoms with Crippen LogP contribution in [0.2, 0.25) is 0 Å². The Kier molecular flexibility index (Phi) is 5.16. The van der Waals surface area contributed by atoms with Crippen molar-refractivity contribution < 1.29 is 14.7 Å². The van der Waals surface area contributed by atoms with E-state index in [0.29, 0.717) is 11.3 Å². The van der Waals surface area contributed by atoms with Crippen molar-refractivity contribution in [1.29, 1.82) is 0 Å². The summed E-state index contributed by atoms with van der Waals surface area (Å²) in [5.74, 6) is -1.11. The van der Waals surface area contributed by atoms with Crippen LogP contribution in [0.1, 0.15) is 35.9 Å². The molecule has 0 bridgehead atoms. The van der Waals surface area contributed by atoms with E-state index in [1.54, 1.807) is 0 Å². The normalized spacial score (nSPS) is 12.0. The second kappa shape index (κ2) is 7.08. The predicted octanol–water partition coefficient (Wildman–Crippen LogP) is 2.91. The molecule has 5 nitrogen and oxygen atoms in total. The van der Waals surface area contributed by atoms with E-state index in [4.69, 9.17) is 5.11 Å². The van der Waals surface area contributed by atoms with Gasteiger partial charge >= 0.3 is 5.97 Å². The van der Waals surface area contributed by atoms with Gasteiger partial charge in [-0.25, -0.2) is 0 Å². The summed E-state index contributed by atoms with van der Waals surface area (Å²) in [7, 11) is 0. The minimum absolute atomic E-state index is 0.0518. The Morgan fingerprint density at radius 2 is 2.10 bits per heavy atom. The summed E-state index contributed by atoms with van der Waals surface area (Å²) >= 11 is 1.35. The number of carbonyl (C=O) groups excluding carboxylic acids is 1. The first-order chi connectivity index (χ1) is 10.1. The average molecular weight is 306 g/mol. The van der Waals surface area contributed by atoms with E-state index in [2.05, 4.69) is 5.32 Å². The van der Waals surface area contributed by atoms with Crippen LogP contribution in [0.5, 0.6) is 0 Å². The molecule has 2 aromatic rings. The van der Waals surface area contributed by atoms with Crippen LogP contribution in [-0.4, -0.2) is 27.6 Å². The highest BCUT2D eigenvalue weighted by Gasteiger charge is 2.19. The Labute approximate surface area is 127 Å². The monoisotopic (exact) mass is 306 g/mol. The Hall–Kier alpha value is -2.08. The number of carbonyl (C=O) groups is 2. The zero-order chi connectivity index (χ0) is 15.2. The zero-order valence-electron chi connectivity index (χ0n) is 11.8. The number of hydrogen-bond donors (Lipinski definition) is 2. The van der Waals surface area contributed by atoms with E-state index in [1.165, 1.54) is 11.3 Å². The van der Waals surface area contributed by atoms with Crippen molar-refractivity contribution in [3.8, 4) is 5.69 Å². The van der Waals surface area contributed by atoms with Gasteiger partial charge in [-0.05, 0) is 30.0 Å². The lowest BCUT2D eigenvalue weighted by atomic mass is 10.1. The average Bonchev–Trinajstić information content (AvgIpc) is 3.09. The molecule has 6 heteroatoms. The molecule has 0 aliphatic heterocycles. The van der Waals surface area contributed by atoms with Gasteiger partial charge in [0.15, 0.2) is 0 Å². The van der Waals surface area contributed by atoms with Gasteiger partial charge in [0.2, 0.25) is 0 Å². The van der Waals surface area contributed by atoms with E-state index < -0.39 is 5.97 Å². The fourth-order valence-corrected chi connectivity index (χ4v) is 3.00. The minimum Gasteiger partial charge on any atom is -0.481 e. The van der Waals surface area contributed by atoms with Crippen LogP contribution >= 0.6 is 11.3 Å². The van der Waals surface area contributed by atoms with E-state index in [0.717, 1.165) is 12.1 Å². The maximum Gasteiger partial charge on any atom is 0.305 e. The number of nitrogens with one attached hydrogen (secondary N) is 1. The second-order valence-electron chi connectivity index (χ2n) is 4.78. The number of rotatable bonds is 7. The van der Waals surface area contributed by atoms with Crippen molar-refractivity contribution in [3.05, 3.63) is 40.8 Å². The van der Waals surface area contributed by atoms with E-state index in [9.17, 15) is 9.59 Å². The molecule has 0 aliphatic rings. The minimum atomic E-state index is -0.898. The molecule has 112 valence electrons. The molecule has 1 atom stereocenters. The highest BCUT2D eigenvalue weighted by Crippen LogP contribution is 2.21. The molecule has 1 amide bonds. The lowest BCUT2D eigenvalue weighted by Gasteiger charge is -2.16. The molecule has 0 fully saturated rings. The Balaban J connectivity index is 2.13. The fourth-order valence-electron chi connectivity index (χ4n) is 2.21. The lowest BCUT2D eigenvalue weighted by molar-refractivity contribution is -0.137. The number of aliphatic carboxylic acids is 1. The summed E-state index contributed by atoms with van der Waals surface area (Å²) in [4.78, 5) is 23.8. The summed E-state index contributed by atoms with van der Waals surface area (Å²) < 4.78 is 1.87. The van der Waals surface area contributed by atoms with Crippen molar-refractivity contribution in [2.24, 2.45) is 0 Å². The standard InChI is InChI=1S/C15H18N2O3S/c1-2-5-11(10-13(18)19)16-15(20)14-12(6-9-21-14)17-7-3-4-8-17/h3-4,6-9,11H,2,5,10H2,1H3,(H,16,20)(H,18,19). The molecule has 0 aliphatic carbocycles. The van der Waals surface area contributed by atoms with Gasteiger partial charge in [0.05, 0.1) is 12.1 Å². The lowest BCUT2D eigenvalue weighted by Crippen LogP contribution is -2.36. The van der Waals surface area contributed by atoms with Crippen molar-refractivity contribution >= 4 is 23.2 Å². The number of amides is 1. The number of carboxylic acids is 1. The molecule has 0 saturated heterocycles. The Morgan fingerprint density at radius 3 is 2.71 bits per heavy atom. The first-order valence-electron chi connectivity index (χ1n) is 6.85. The SMILES string of the molecule is CCCC(CC(=O)O)NC(=O)c1sccc1-n1cccc1. The molecule has 2 heterocycles.